The maximum absolute atomic E-state index is 8.89. The van der Waals surface area contributed by atoms with Crippen LogP contribution in [-0.4, -0.2) is 26.7 Å². The summed E-state index contributed by atoms with van der Waals surface area (Å²) in [4.78, 5) is 13.1. The fourth-order valence-electron chi connectivity index (χ4n) is 1.88. The summed E-state index contributed by atoms with van der Waals surface area (Å²) in [6.45, 7) is 0.131. The van der Waals surface area contributed by atoms with Crippen molar-refractivity contribution in [2.45, 2.75) is 6.42 Å². The molecule has 0 aliphatic carbocycles. The maximum atomic E-state index is 8.89. The van der Waals surface area contributed by atoms with Gasteiger partial charge in [-0.25, -0.2) is 15.0 Å². The van der Waals surface area contributed by atoms with Gasteiger partial charge < -0.3 is 10.4 Å². The van der Waals surface area contributed by atoms with Crippen LogP contribution < -0.4 is 5.32 Å². The molecule has 0 aliphatic heterocycles. The molecule has 0 unspecified atom stereocenters. The number of nitrogens with zero attached hydrogens (tertiary/aromatic N) is 3. The van der Waals surface area contributed by atoms with Gasteiger partial charge in [-0.1, -0.05) is 12.1 Å². The molecular formula is C15H16Cl2N4OS. The van der Waals surface area contributed by atoms with Crippen molar-refractivity contribution in [3.63, 3.8) is 0 Å². The zero-order chi connectivity index (χ0) is 14.5. The van der Waals surface area contributed by atoms with Crippen molar-refractivity contribution in [3.05, 3.63) is 53.7 Å². The molecule has 5 nitrogen and oxygen atoms in total. The molecule has 0 amide bonds. The van der Waals surface area contributed by atoms with Crippen LogP contribution in [0.15, 0.2) is 48.1 Å². The molecular weight excluding hydrogens is 355 g/mol. The quantitative estimate of drug-likeness (QED) is 0.715. The average molecular weight is 371 g/mol. The minimum atomic E-state index is 0. The first-order valence-electron chi connectivity index (χ1n) is 6.55. The lowest BCUT2D eigenvalue weighted by Gasteiger charge is -2.06. The lowest BCUT2D eigenvalue weighted by atomic mass is 10.2. The Balaban J connectivity index is 0.00000132. The van der Waals surface area contributed by atoms with E-state index in [2.05, 4.69) is 20.3 Å². The minimum Gasteiger partial charge on any atom is -0.396 e. The molecule has 0 saturated heterocycles. The van der Waals surface area contributed by atoms with E-state index in [1.54, 1.807) is 23.7 Å². The van der Waals surface area contributed by atoms with Crippen LogP contribution in [0.1, 0.15) is 5.56 Å². The van der Waals surface area contributed by atoms with E-state index in [9.17, 15) is 0 Å². The summed E-state index contributed by atoms with van der Waals surface area (Å²) >= 11 is 1.56. The zero-order valence-electron chi connectivity index (χ0n) is 12.0. The second-order valence-corrected chi connectivity index (χ2v) is 5.29. The van der Waals surface area contributed by atoms with Gasteiger partial charge >= 0.3 is 0 Å². The highest BCUT2D eigenvalue weighted by Gasteiger charge is 2.04. The Bertz CT molecular complexity index is 708. The molecule has 23 heavy (non-hydrogen) atoms. The highest BCUT2D eigenvalue weighted by molar-refractivity contribution is 7.13. The summed E-state index contributed by atoms with van der Waals surface area (Å²) in [5.74, 6) is 1.45. The first-order valence-corrected chi connectivity index (χ1v) is 7.43. The Morgan fingerprint density at radius 1 is 1.04 bits per heavy atom. The molecule has 0 atom stereocenters. The molecule has 0 spiro atoms. The first kappa shape index (κ1) is 19.3. The third-order valence-electron chi connectivity index (χ3n) is 2.88. The molecule has 0 saturated carbocycles. The SMILES string of the molecule is Cl.Cl.OCCc1ccc(Nc2cccc(-c3nccs3)n2)nc1. The molecule has 0 radical (unpaired) electrons. The minimum absolute atomic E-state index is 0. The summed E-state index contributed by atoms with van der Waals surface area (Å²) in [7, 11) is 0. The molecule has 3 aromatic rings. The smallest absolute Gasteiger partial charge is 0.141 e. The van der Waals surface area contributed by atoms with Gasteiger partial charge in [0.1, 0.15) is 22.3 Å². The van der Waals surface area contributed by atoms with Crippen molar-refractivity contribution < 1.29 is 5.11 Å². The molecule has 3 heterocycles. The summed E-state index contributed by atoms with van der Waals surface area (Å²) in [6, 6.07) is 9.58. The number of anilines is 2. The lowest BCUT2D eigenvalue weighted by Crippen LogP contribution is -1.98. The van der Waals surface area contributed by atoms with Crippen LogP contribution in [0.4, 0.5) is 11.6 Å². The van der Waals surface area contributed by atoms with Crippen LogP contribution in [0.25, 0.3) is 10.7 Å². The van der Waals surface area contributed by atoms with E-state index in [0.29, 0.717) is 6.42 Å². The van der Waals surface area contributed by atoms with Gasteiger partial charge in [0, 0.05) is 24.4 Å². The summed E-state index contributed by atoms with van der Waals surface area (Å²) in [5, 5.41) is 14.9. The summed E-state index contributed by atoms with van der Waals surface area (Å²) in [6.07, 6.45) is 4.14. The van der Waals surface area contributed by atoms with Gasteiger partial charge in [-0.15, -0.1) is 36.2 Å². The largest absolute Gasteiger partial charge is 0.396 e. The van der Waals surface area contributed by atoms with Crippen LogP contribution in [0.2, 0.25) is 0 Å². The number of rotatable bonds is 5. The maximum Gasteiger partial charge on any atom is 0.141 e. The second kappa shape index (κ2) is 9.42. The molecule has 0 aliphatic rings. The Kier molecular flexibility index (Phi) is 7.91. The Morgan fingerprint density at radius 2 is 1.91 bits per heavy atom. The predicted octanol–water partition coefficient (Wildman–Crippen LogP) is 3.72. The molecule has 2 N–H and O–H groups in total. The van der Waals surface area contributed by atoms with Crippen LogP contribution in [0, 0.1) is 0 Å². The lowest BCUT2D eigenvalue weighted by molar-refractivity contribution is 0.299. The zero-order valence-corrected chi connectivity index (χ0v) is 14.5. The number of nitrogens with one attached hydrogen (secondary N) is 1. The third kappa shape index (κ3) is 5.14. The van der Waals surface area contributed by atoms with Gasteiger partial charge in [0.2, 0.25) is 0 Å². The Morgan fingerprint density at radius 3 is 2.57 bits per heavy atom. The third-order valence-corrected chi connectivity index (χ3v) is 3.68. The van der Waals surface area contributed by atoms with Crippen LogP contribution in [-0.2, 0) is 6.42 Å². The van der Waals surface area contributed by atoms with Crippen LogP contribution in [0.3, 0.4) is 0 Å². The summed E-state index contributed by atoms with van der Waals surface area (Å²) in [5.41, 5.74) is 1.85. The van der Waals surface area contributed by atoms with Crippen LogP contribution in [0.5, 0.6) is 0 Å². The van der Waals surface area contributed by atoms with E-state index in [1.807, 2.05) is 35.7 Å². The fraction of sp³-hybridized carbons (Fsp3) is 0.133. The van der Waals surface area contributed by atoms with Gasteiger partial charge in [0.15, 0.2) is 0 Å². The van der Waals surface area contributed by atoms with Crippen molar-refractivity contribution in [1.82, 2.24) is 15.0 Å². The molecule has 3 aromatic heterocycles. The van der Waals surface area contributed by atoms with Gasteiger partial charge in [-0.3, -0.25) is 0 Å². The molecule has 0 fully saturated rings. The normalized spacial score (nSPS) is 9.61. The topological polar surface area (TPSA) is 70.9 Å². The highest BCUT2D eigenvalue weighted by atomic mass is 35.5. The van der Waals surface area contributed by atoms with Crippen molar-refractivity contribution in [1.29, 1.82) is 0 Å². The average Bonchev–Trinajstić information content (AvgIpc) is 3.04. The second-order valence-electron chi connectivity index (χ2n) is 4.40. The van der Waals surface area contributed by atoms with Crippen molar-refractivity contribution >= 4 is 47.8 Å². The number of aliphatic hydroxyl groups excluding tert-OH is 1. The number of hydrogen-bond donors (Lipinski definition) is 2. The number of thiazole rings is 1. The molecule has 0 aromatic carbocycles. The van der Waals surface area contributed by atoms with Crippen LogP contribution >= 0.6 is 36.2 Å². The van der Waals surface area contributed by atoms with Crippen molar-refractivity contribution in [2.24, 2.45) is 0 Å². The van der Waals surface area contributed by atoms with Gasteiger partial charge in [0.05, 0.1) is 0 Å². The molecule has 122 valence electrons. The molecule has 3 rings (SSSR count). The highest BCUT2D eigenvalue weighted by Crippen LogP contribution is 2.22. The predicted molar refractivity (Wildman–Crippen MR) is 98.2 cm³/mol. The number of aliphatic hydroxyl groups is 1. The van der Waals surface area contributed by atoms with E-state index in [-0.39, 0.29) is 31.4 Å². The number of pyridine rings is 2. The Labute approximate surface area is 150 Å². The van der Waals surface area contributed by atoms with E-state index >= 15 is 0 Å². The summed E-state index contributed by atoms with van der Waals surface area (Å²) < 4.78 is 0. The first-order chi connectivity index (χ1) is 10.3. The van der Waals surface area contributed by atoms with E-state index in [0.717, 1.165) is 27.9 Å². The number of hydrogen-bond acceptors (Lipinski definition) is 6. The van der Waals surface area contributed by atoms with Crippen molar-refractivity contribution in [2.75, 3.05) is 11.9 Å². The van der Waals surface area contributed by atoms with E-state index in [1.165, 1.54) is 0 Å². The van der Waals surface area contributed by atoms with Crippen molar-refractivity contribution in [3.8, 4) is 10.7 Å². The van der Waals surface area contributed by atoms with E-state index < -0.39 is 0 Å². The molecule has 8 heteroatoms. The standard InChI is InChI=1S/C15H14N4OS.2ClH/c20-8-6-11-4-5-13(17-10-11)19-14-3-1-2-12(18-14)15-16-7-9-21-15;;/h1-5,7,9-10,20H,6,8H2,(H,17,18,19);2*1H. The number of aromatic nitrogens is 3. The fourth-order valence-corrected chi connectivity index (χ4v) is 2.49. The Hall–Kier alpha value is -1.73. The van der Waals surface area contributed by atoms with Gasteiger partial charge in [-0.05, 0) is 30.2 Å². The van der Waals surface area contributed by atoms with Gasteiger partial charge in [0.25, 0.3) is 0 Å². The molecule has 0 bridgehead atoms. The van der Waals surface area contributed by atoms with E-state index in [4.69, 9.17) is 5.11 Å². The monoisotopic (exact) mass is 370 g/mol. The van der Waals surface area contributed by atoms with Gasteiger partial charge in [-0.2, -0.15) is 0 Å². The number of halogens is 2.